The highest BCUT2D eigenvalue weighted by molar-refractivity contribution is 5.94. The van der Waals surface area contributed by atoms with Crippen LogP contribution in [0.3, 0.4) is 0 Å². The SMILES string of the molecule is COc1ccccc1OCc1cccc(C(=O)N(C)Cc2cnn(C)c2C)c1. The molecule has 3 rings (SSSR count). The molecule has 0 fully saturated rings. The summed E-state index contributed by atoms with van der Waals surface area (Å²) in [6, 6.07) is 15.0. The van der Waals surface area contributed by atoms with Crippen molar-refractivity contribution in [3.05, 3.63) is 77.1 Å². The maximum absolute atomic E-state index is 12.8. The van der Waals surface area contributed by atoms with Crippen LogP contribution >= 0.6 is 0 Å². The second-order valence-corrected chi connectivity index (χ2v) is 6.68. The van der Waals surface area contributed by atoms with E-state index >= 15 is 0 Å². The zero-order valence-corrected chi connectivity index (χ0v) is 16.7. The second-order valence-electron chi connectivity index (χ2n) is 6.68. The molecule has 0 radical (unpaired) electrons. The van der Waals surface area contributed by atoms with Crippen molar-refractivity contribution in [3.63, 3.8) is 0 Å². The molecule has 6 nitrogen and oxygen atoms in total. The van der Waals surface area contributed by atoms with Crippen LogP contribution < -0.4 is 9.47 Å². The molecule has 0 saturated carbocycles. The Hall–Kier alpha value is -3.28. The molecule has 1 aromatic heterocycles. The highest BCUT2D eigenvalue weighted by Gasteiger charge is 2.15. The Kier molecular flexibility index (Phi) is 5.99. The zero-order valence-electron chi connectivity index (χ0n) is 16.7. The number of hydrogen-bond donors (Lipinski definition) is 0. The van der Waals surface area contributed by atoms with E-state index in [4.69, 9.17) is 9.47 Å². The van der Waals surface area contributed by atoms with E-state index in [1.54, 1.807) is 25.3 Å². The molecule has 0 aliphatic rings. The fourth-order valence-electron chi connectivity index (χ4n) is 2.94. The van der Waals surface area contributed by atoms with Crippen molar-refractivity contribution in [1.29, 1.82) is 0 Å². The molecular formula is C22H25N3O3. The smallest absolute Gasteiger partial charge is 0.253 e. The largest absolute Gasteiger partial charge is 0.493 e. The summed E-state index contributed by atoms with van der Waals surface area (Å²) < 4.78 is 13.0. The molecule has 0 aliphatic carbocycles. The van der Waals surface area contributed by atoms with Crippen molar-refractivity contribution < 1.29 is 14.3 Å². The maximum Gasteiger partial charge on any atom is 0.253 e. The van der Waals surface area contributed by atoms with Crippen LogP contribution in [0.5, 0.6) is 11.5 Å². The lowest BCUT2D eigenvalue weighted by atomic mass is 10.1. The third-order valence-electron chi connectivity index (χ3n) is 4.73. The minimum atomic E-state index is -0.0394. The molecule has 3 aromatic rings. The molecule has 0 saturated heterocycles. The molecule has 1 amide bonds. The highest BCUT2D eigenvalue weighted by atomic mass is 16.5. The van der Waals surface area contributed by atoms with Crippen molar-refractivity contribution in [3.8, 4) is 11.5 Å². The van der Waals surface area contributed by atoms with Crippen LogP contribution in [0.25, 0.3) is 0 Å². The number of benzene rings is 2. The van der Waals surface area contributed by atoms with E-state index in [1.807, 2.05) is 67.2 Å². The van der Waals surface area contributed by atoms with E-state index in [2.05, 4.69) is 5.10 Å². The predicted molar refractivity (Wildman–Crippen MR) is 108 cm³/mol. The van der Waals surface area contributed by atoms with Crippen LogP contribution in [-0.4, -0.2) is 34.7 Å². The van der Waals surface area contributed by atoms with E-state index in [1.165, 1.54) is 0 Å². The standard InChI is InChI=1S/C22H25N3O3/c1-16-19(13-23-25(16)3)14-24(2)22(26)18-9-7-8-17(12-18)15-28-21-11-6-5-10-20(21)27-4/h5-13H,14-15H2,1-4H3. The Bertz CT molecular complexity index is 965. The van der Waals surface area contributed by atoms with Gasteiger partial charge in [0.1, 0.15) is 6.61 Å². The minimum Gasteiger partial charge on any atom is -0.493 e. The Morgan fingerprint density at radius 1 is 1.14 bits per heavy atom. The average molecular weight is 379 g/mol. The lowest BCUT2D eigenvalue weighted by molar-refractivity contribution is 0.0784. The van der Waals surface area contributed by atoms with Crippen molar-refractivity contribution >= 4 is 5.91 Å². The van der Waals surface area contributed by atoms with E-state index in [0.29, 0.717) is 30.2 Å². The molecule has 2 aromatic carbocycles. The summed E-state index contributed by atoms with van der Waals surface area (Å²) >= 11 is 0. The number of methoxy groups -OCH3 is 1. The molecule has 0 aliphatic heterocycles. The first-order valence-corrected chi connectivity index (χ1v) is 9.07. The number of carbonyl (C=O) groups is 1. The second kappa shape index (κ2) is 8.61. The van der Waals surface area contributed by atoms with E-state index in [0.717, 1.165) is 16.8 Å². The molecular weight excluding hydrogens is 354 g/mol. The number of aromatic nitrogens is 2. The van der Waals surface area contributed by atoms with Crippen LogP contribution in [0.2, 0.25) is 0 Å². The fourth-order valence-corrected chi connectivity index (χ4v) is 2.94. The van der Waals surface area contributed by atoms with Crippen molar-refractivity contribution in [2.45, 2.75) is 20.1 Å². The minimum absolute atomic E-state index is 0.0394. The van der Waals surface area contributed by atoms with Gasteiger partial charge in [0.25, 0.3) is 5.91 Å². The number of carbonyl (C=O) groups excluding carboxylic acids is 1. The molecule has 146 valence electrons. The summed E-state index contributed by atoms with van der Waals surface area (Å²) in [7, 11) is 5.31. The van der Waals surface area contributed by atoms with Gasteiger partial charge in [-0.2, -0.15) is 5.10 Å². The van der Waals surface area contributed by atoms with Gasteiger partial charge in [-0.3, -0.25) is 9.48 Å². The van der Waals surface area contributed by atoms with Gasteiger partial charge in [-0.15, -0.1) is 0 Å². The number of aryl methyl sites for hydroxylation is 1. The summed E-state index contributed by atoms with van der Waals surface area (Å²) in [5.41, 5.74) is 3.64. The Labute approximate surface area is 165 Å². The first-order valence-electron chi connectivity index (χ1n) is 9.07. The van der Waals surface area contributed by atoms with Gasteiger partial charge >= 0.3 is 0 Å². The Morgan fingerprint density at radius 2 is 1.89 bits per heavy atom. The summed E-state index contributed by atoms with van der Waals surface area (Å²) in [6.07, 6.45) is 1.80. The molecule has 6 heteroatoms. The van der Waals surface area contributed by atoms with Crippen LogP contribution in [0, 0.1) is 6.92 Å². The normalized spacial score (nSPS) is 10.6. The van der Waals surface area contributed by atoms with Crippen molar-refractivity contribution in [2.75, 3.05) is 14.2 Å². The number of rotatable bonds is 7. The molecule has 0 unspecified atom stereocenters. The Balaban J connectivity index is 1.68. The summed E-state index contributed by atoms with van der Waals surface area (Å²) in [6.45, 7) is 2.86. The number of hydrogen-bond acceptors (Lipinski definition) is 4. The van der Waals surface area contributed by atoms with Gasteiger partial charge in [-0.25, -0.2) is 0 Å². The Morgan fingerprint density at radius 3 is 2.57 bits per heavy atom. The molecule has 28 heavy (non-hydrogen) atoms. The van der Waals surface area contributed by atoms with E-state index < -0.39 is 0 Å². The van der Waals surface area contributed by atoms with Crippen LogP contribution in [0.1, 0.15) is 27.2 Å². The molecule has 0 atom stereocenters. The average Bonchev–Trinajstić information content (AvgIpc) is 3.04. The van der Waals surface area contributed by atoms with Gasteiger partial charge in [-0.1, -0.05) is 24.3 Å². The fraction of sp³-hybridized carbons (Fsp3) is 0.273. The lowest BCUT2D eigenvalue weighted by Crippen LogP contribution is -2.26. The van der Waals surface area contributed by atoms with Gasteiger partial charge in [0.05, 0.1) is 13.3 Å². The predicted octanol–water partition coefficient (Wildman–Crippen LogP) is 3.59. The number of amides is 1. The third-order valence-corrected chi connectivity index (χ3v) is 4.73. The quantitative estimate of drug-likeness (QED) is 0.630. The number of para-hydroxylation sites is 2. The van der Waals surface area contributed by atoms with E-state index in [9.17, 15) is 4.79 Å². The van der Waals surface area contributed by atoms with Gasteiger partial charge in [0.15, 0.2) is 11.5 Å². The lowest BCUT2D eigenvalue weighted by Gasteiger charge is -2.17. The van der Waals surface area contributed by atoms with Crippen molar-refractivity contribution in [1.82, 2.24) is 14.7 Å². The van der Waals surface area contributed by atoms with Gasteiger partial charge in [0.2, 0.25) is 0 Å². The summed E-state index contributed by atoms with van der Waals surface area (Å²) in [5.74, 6) is 1.31. The molecule has 0 spiro atoms. The zero-order chi connectivity index (χ0) is 20.1. The highest BCUT2D eigenvalue weighted by Crippen LogP contribution is 2.26. The summed E-state index contributed by atoms with van der Waals surface area (Å²) in [5, 5.41) is 4.23. The monoisotopic (exact) mass is 379 g/mol. The molecule has 1 heterocycles. The number of nitrogens with zero attached hydrogens (tertiary/aromatic N) is 3. The van der Waals surface area contributed by atoms with Crippen LogP contribution in [0.4, 0.5) is 0 Å². The topological polar surface area (TPSA) is 56.6 Å². The first-order chi connectivity index (χ1) is 13.5. The van der Waals surface area contributed by atoms with Crippen LogP contribution in [-0.2, 0) is 20.2 Å². The van der Waals surface area contributed by atoms with Crippen LogP contribution in [0.15, 0.2) is 54.7 Å². The third kappa shape index (κ3) is 4.34. The summed E-state index contributed by atoms with van der Waals surface area (Å²) in [4.78, 5) is 14.5. The van der Waals surface area contributed by atoms with Crippen molar-refractivity contribution in [2.24, 2.45) is 7.05 Å². The maximum atomic E-state index is 12.8. The van der Waals surface area contributed by atoms with Gasteiger partial charge in [-0.05, 0) is 36.8 Å². The van der Waals surface area contributed by atoms with Gasteiger partial charge in [0, 0.05) is 37.5 Å². The number of ether oxygens (including phenoxy) is 2. The molecule has 0 N–H and O–H groups in total. The molecule has 0 bridgehead atoms. The van der Waals surface area contributed by atoms with Gasteiger partial charge < -0.3 is 14.4 Å². The first kappa shape index (κ1) is 19.5. The van der Waals surface area contributed by atoms with E-state index in [-0.39, 0.29) is 5.91 Å².